The number of hydrogen-bond acceptors (Lipinski definition) is 2. The molecule has 0 saturated carbocycles. The van der Waals surface area contributed by atoms with Crippen LogP contribution in [0.2, 0.25) is 0 Å². The lowest BCUT2D eigenvalue weighted by Crippen LogP contribution is -1.88. The molecule has 9 heavy (non-hydrogen) atoms. The van der Waals surface area contributed by atoms with Crippen LogP contribution in [-0.4, -0.2) is 12.6 Å². The number of hydrogen-bond donors (Lipinski definition) is 0. The Morgan fingerprint density at radius 2 is 2.33 bits per heavy atom. The van der Waals surface area contributed by atoms with Crippen molar-refractivity contribution in [2.45, 2.75) is 13.8 Å². The summed E-state index contributed by atoms with van der Waals surface area (Å²) in [6.07, 6.45) is 5.53. The van der Waals surface area contributed by atoms with Gasteiger partial charge in [0, 0.05) is 17.8 Å². The maximum absolute atomic E-state index is 4.01. The van der Waals surface area contributed by atoms with E-state index in [0.717, 1.165) is 5.70 Å². The highest BCUT2D eigenvalue weighted by Crippen LogP contribution is 2.03. The summed E-state index contributed by atoms with van der Waals surface area (Å²) >= 11 is 0. The Hall–Kier alpha value is -0.920. The molecule has 0 aromatic carbocycles. The lowest BCUT2D eigenvalue weighted by atomic mass is 10.2. The molecule has 2 heteroatoms. The second kappa shape index (κ2) is 2.58. The van der Waals surface area contributed by atoms with E-state index in [-0.39, 0.29) is 0 Å². The summed E-state index contributed by atoms with van der Waals surface area (Å²) in [6.45, 7) is 4.06. The highest BCUT2D eigenvalue weighted by Gasteiger charge is 1.94. The summed E-state index contributed by atoms with van der Waals surface area (Å²) < 4.78 is 0. The Bertz CT molecular complexity index is 177. The van der Waals surface area contributed by atoms with Gasteiger partial charge in [-0.25, -0.2) is 9.98 Å². The predicted octanol–water partition coefficient (Wildman–Crippen LogP) is 1.64. The SMILES string of the molecule is CC1=CC(C)C=NC=N1. The Morgan fingerprint density at radius 3 is 3.11 bits per heavy atom. The summed E-state index contributed by atoms with van der Waals surface area (Å²) in [4.78, 5) is 7.95. The van der Waals surface area contributed by atoms with Crippen molar-refractivity contribution in [3.63, 3.8) is 0 Å². The van der Waals surface area contributed by atoms with Crippen molar-refractivity contribution in [1.29, 1.82) is 0 Å². The highest BCUT2D eigenvalue weighted by atomic mass is 14.9. The smallest absolute Gasteiger partial charge is 0.115 e. The predicted molar refractivity (Wildman–Crippen MR) is 39.9 cm³/mol. The van der Waals surface area contributed by atoms with Crippen molar-refractivity contribution in [1.82, 2.24) is 0 Å². The fraction of sp³-hybridized carbons (Fsp3) is 0.429. The molecule has 0 radical (unpaired) electrons. The van der Waals surface area contributed by atoms with Gasteiger partial charge in [-0.15, -0.1) is 0 Å². The molecule has 0 spiro atoms. The van der Waals surface area contributed by atoms with Crippen LogP contribution in [0.3, 0.4) is 0 Å². The van der Waals surface area contributed by atoms with E-state index < -0.39 is 0 Å². The van der Waals surface area contributed by atoms with Crippen LogP contribution in [0.1, 0.15) is 13.8 Å². The highest BCUT2D eigenvalue weighted by molar-refractivity contribution is 5.76. The fourth-order valence-corrected chi connectivity index (χ4v) is 0.765. The molecular weight excluding hydrogens is 112 g/mol. The van der Waals surface area contributed by atoms with Crippen LogP contribution >= 0.6 is 0 Å². The number of nitrogens with zero attached hydrogens (tertiary/aromatic N) is 2. The van der Waals surface area contributed by atoms with E-state index in [0.29, 0.717) is 5.92 Å². The van der Waals surface area contributed by atoms with Crippen molar-refractivity contribution in [2.75, 3.05) is 0 Å². The zero-order chi connectivity index (χ0) is 6.69. The minimum absolute atomic E-state index is 0.424. The largest absolute Gasteiger partial charge is 0.249 e. The van der Waals surface area contributed by atoms with Gasteiger partial charge in [-0.05, 0) is 6.92 Å². The van der Waals surface area contributed by atoms with E-state index in [4.69, 9.17) is 0 Å². The molecule has 1 heterocycles. The van der Waals surface area contributed by atoms with Gasteiger partial charge in [-0.3, -0.25) is 0 Å². The van der Waals surface area contributed by atoms with E-state index in [1.165, 1.54) is 0 Å². The maximum Gasteiger partial charge on any atom is 0.115 e. The minimum Gasteiger partial charge on any atom is -0.249 e. The second-order valence-electron chi connectivity index (χ2n) is 2.21. The zero-order valence-electron chi connectivity index (χ0n) is 5.70. The monoisotopic (exact) mass is 122 g/mol. The quantitative estimate of drug-likeness (QED) is 0.466. The molecule has 0 aromatic rings. The Morgan fingerprint density at radius 1 is 1.56 bits per heavy atom. The summed E-state index contributed by atoms with van der Waals surface area (Å²) in [6, 6.07) is 0. The Kier molecular flexibility index (Phi) is 1.78. The third-order valence-electron chi connectivity index (χ3n) is 1.15. The van der Waals surface area contributed by atoms with E-state index in [9.17, 15) is 0 Å². The van der Waals surface area contributed by atoms with Crippen LogP contribution in [0, 0.1) is 5.92 Å². The molecule has 0 N–H and O–H groups in total. The van der Waals surface area contributed by atoms with Gasteiger partial charge in [-0.1, -0.05) is 13.0 Å². The summed E-state index contributed by atoms with van der Waals surface area (Å²) in [5, 5.41) is 0. The number of allylic oxidation sites excluding steroid dienone is 2. The fourth-order valence-electron chi connectivity index (χ4n) is 0.765. The first-order chi connectivity index (χ1) is 4.29. The molecule has 0 saturated heterocycles. The summed E-state index contributed by atoms with van der Waals surface area (Å²) in [7, 11) is 0. The van der Waals surface area contributed by atoms with Gasteiger partial charge in [-0.2, -0.15) is 0 Å². The Balaban J connectivity index is 2.77. The van der Waals surface area contributed by atoms with Crippen molar-refractivity contribution in [3.05, 3.63) is 11.8 Å². The molecule has 1 aliphatic heterocycles. The maximum atomic E-state index is 4.01. The zero-order valence-corrected chi connectivity index (χ0v) is 5.70. The summed E-state index contributed by atoms with van der Waals surface area (Å²) in [5.74, 6) is 0.424. The molecule has 0 amide bonds. The van der Waals surface area contributed by atoms with E-state index in [1.807, 2.05) is 13.1 Å². The van der Waals surface area contributed by atoms with Gasteiger partial charge in [0.15, 0.2) is 0 Å². The first kappa shape index (κ1) is 6.20. The van der Waals surface area contributed by atoms with Crippen molar-refractivity contribution in [3.8, 4) is 0 Å². The molecule has 0 fully saturated rings. The normalized spacial score (nSPS) is 25.6. The third kappa shape index (κ3) is 1.80. The molecule has 0 aromatic heterocycles. The average Bonchev–Trinajstić information content (AvgIpc) is 1.93. The third-order valence-corrected chi connectivity index (χ3v) is 1.15. The van der Waals surface area contributed by atoms with Gasteiger partial charge in [0.25, 0.3) is 0 Å². The van der Waals surface area contributed by atoms with Crippen molar-refractivity contribution < 1.29 is 0 Å². The molecule has 48 valence electrons. The van der Waals surface area contributed by atoms with Crippen LogP contribution in [0.4, 0.5) is 0 Å². The molecule has 0 aliphatic carbocycles. The summed E-state index contributed by atoms with van der Waals surface area (Å²) in [5.41, 5.74) is 1.04. The van der Waals surface area contributed by atoms with Crippen molar-refractivity contribution >= 4 is 12.6 Å². The van der Waals surface area contributed by atoms with Crippen LogP contribution in [0.25, 0.3) is 0 Å². The Labute approximate surface area is 55.0 Å². The lowest BCUT2D eigenvalue weighted by molar-refractivity contribution is 1.01. The van der Waals surface area contributed by atoms with Gasteiger partial charge < -0.3 is 0 Å². The van der Waals surface area contributed by atoms with Crippen LogP contribution in [0.15, 0.2) is 21.8 Å². The van der Waals surface area contributed by atoms with Crippen LogP contribution in [0.5, 0.6) is 0 Å². The first-order valence-corrected chi connectivity index (χ1v) is 3.03. The molecule has 1 rings (SSSR count). The van der Waals surface area contributed by atoms with Crippen LogP contribution < -0.4 is 0 Å². The molecule has 1 atom stereocenters. The lowest BCUT2D eigenvalue weighted by Gasteiger charge is -1.92. The van der Waals surface area contributed by atoms with Crippen molar-refractivity contribution in [2.24, 2.45) is 15.9 Å². The molecular formula is C7H10N2. The number of rotatable bonds is 0. The average molecular weight is 122 g/mol. The molecule has 1 unspecified atom stereocenters. The van der Waals surface area contributed by atoms with E-state index in [1.54, 1.807) is 6.34 Å². The topological polar surface area (TPSA) is 24.7 Å². The second-order valence-corrected chi connectivity index (χ2v) is 2.21. The minimum atomic E-state index is 0.424. The van der Waals surface area contributed by atoms with Gasteiger partial charge in [0.2, 0.25) is 0 Å². The molecule has 2 nitrogen and oxygen atoms in total. The standard InChI is InChI=1S/C7H10N2/c1-6-3-7(2)9-5-8-4-6/h3-6H,1-2H3. The molecule has 1 aliphatic rings. The first-order valence-electron chi connectivity index (χ1n) is 3.03. The van der Waals surface area contributed by atoms with Gasteiger partial charge >= 0.3 is 0 Å². The van der Waals surface area contributed by atoms with Gasteiger partial charge in [0.1, 0.15) is 6.34 Å². The number of aliphatic imine (C=N–C) groups is 2. The van der Waals surface area contributed by atoms with E-state index in [2.05, 4.69) is 23.0 Å². The van der Waals surface area contributed by atoms with Crippen LogP contribution in [-0.2, 0) is 0 Å². The molecule has 0 bridgehead atoms. The van der Waals surface area contributed by atoms with E-state index >= 15 is 0 Å². The van der Waals surface area contributed by atoms with Gasteiger partial charge in [0.05, 0.1) is 0 Å².